The molecule has 0 aromatic rings. The molecule has 1 nitrogen and oxygen atoms in total. The van der Waals surface area contributed by atoms with Crippen LogP contribution in [0.3, 0.4) is 0 Å². The smallest absolute Gasteiger partial charge is 0 e. The summed E-state index contributed by atoms with van der Waals surface area (Å²) in [7, 11) is 0. The molecule has 0 aliphatic rings. The van der Waals surface area contributed by atoms with Crippen LogP contribution in [0.15, 0.2) is 0 Å². The average molecular weight is 324 g/mol. The fraction of sp³-hybridized carbons (Fsp3) is 0.333. The second-order valence-electron chi connectivity index (χ2n) is 0.702. The summed E-state index contributed by atoms with van der Waals surface area (Å²) in [5, 5.41) is 0. The third-order valence-corrected chi connectivity index (χ3v) is 0. The fourth-order valence-corrected chi connectivity index (χ4v) is 0. The van der Waals surface area contributed by atoms with E-state index in [1.165, 1.54) is 6.92 Å². The standard InChI is InChI=1S/C3H5O.Rf/c1-3(2)4;/h1H2,2H3;/q-1;. The average Bonchev–Trinajstić information content (AvgIpc) is 0.811. The Morgan fingerprint density at radius 3 is 1.80 bits per heavy atom. The molecule has 5 heavy (non-hydrogen) atoms. The van der Waals surface area contributed by atoms with Crippen LogP contribution in [0.5, 0.6) is 0 Å². The Hall–Kier alpha value is -1.46. The molecule has 0 unspecified atom stereocenters. The van der Waals surface area contributed by atoms with Gasteiger partial charge >= 0.3 is 0 Å². The van der Waals surface area contributed by atoms with Crippen molar-refractivity contribution in [2.24, 2.45) is 0 Å². The second-order valence-corrected chi connectivity index (χ2v) is 0.702. The van der Waals surface area contributed by atoms with E-state index in [0.717, 1.165) is 0 Å². The molecule has 0 atom stereocenters. The van der Waals surface area contributed by atoms with E-state index in [1.807, 2.05) is 0 Å². The van der Waals surface area contributed by atoms with Gasteiger partial charge in [0.2, 0.25) is 0 Å². The van der Waals surface area contributed by atoms with Crippen LogP contribution in [-0.2, 0) is 4.79 Å². The van der Waals surface area contributed by atoms with Gasteiger partial charge in [-0.1, -0.05) is 0 Å². The van der Waals surface area contributed by atoms with Crippen LogP contribution in [0.1, 0.15) is 6.92 Å². The van der Waals surface area contributed by atoms with Crippen LogP contribution in [0, 0.1) is 6.92 Å². The molecular formula is C3H5ORf-. The van der Waals surface area contributed by atoms with Crippen LogP contribution in [0.25, 0.3) is 0 Å². The number of hydrogen-bond donors (Lipinski definition) is 0. The molecule has 0 bridgehead atoms. The van der Waals surface area contributed by atoms with Crippen molar-refractivity contribution in [3.63, 3.8) is 0 Å². The van der Waals surface area contributed by atoms with Crippen LogP contribution >= 0.6 is 0 Å². The third kappa shape index (κ3) is 0.347. The van der Waals surface area contributed by atoms with Gasteiger partial charge in [0, 0.05) is 0 Å². The molecule has 0 N–H and O–H groups in total. The minimum absolute atomic E-state index is 0. The molecule has 0 aliphatic heterocycles. The van der Waals surface area contributed by atoms with Crippen LogP contribution in [0.2, 0.25) is 0 Å². The summed E-state index contributed by atoms with van der Waals surface area (Å²) in [5.41, 5.74) is 0. The van der Waals surface area contributed by atoms with Crippen molar-refractivity contribution >= 4 is 5.78 Å². The number of rotatable bonds is 0. The zero-order valence-electron chi connectivity index (χ0n) is 3.32. The summed E-state index contributed by atoms with van der Waals surface area (Å²) < 4.78 is 0. The van der Waals surface area contributed by atoms with E-state index in [2.05, 4.69) is 6.92 Å². The Labute approximate surface area is 25.6 Å². The molecule has 0 saturated heterocycles. The molecule has 0 rings (SSSR count). The van der Waals surface area contributed by atoms with Gasteiger partial charge in [0.25, 0.3) is 0 Å². The van der Waals surface area contributed by atoms with E-state index in [-0.39, 0.29) is 5.78 Å². The summed E-state index contributed by atoms with van der Waals surface area (Å²) in [5.74, 6) is -0.0833. The maximum absolute atomic E-state index is 9.33. The molecule has 0 saturated carbocycles. The van der Waals surface area contributed by atoms with E-state index in [1.54, 1.807) is 0 Å². The molecule has 0 spiro atoms. The van der Waals surface area contributed by atoms with Gasteiger partial charge in [0.05, 0.1) is 0 Å². The molecule has 0 heterocycles. The zero-order chi connectivity index (χ0) is 3.58. The number of hydrogen-bond acceptors (Lipinski definition) is 1. The van der Waals surface area contributed by atoms with Gasteiger partial charge in [-0.25, -0.2) is 0 Å². The zero-order valence-corrected chi connectivity index (χ0v) is 9.72. The monoisotopic (exact) mass is 324 g/mol. The first kappa shape index (κ1) is 9.63. The van der Waals surface area contributed by atoms with Crippen molar-refractivity contribution in [2.75, 3.05) is 0 Å². The van der Waals surface area contributed by atoms with Gasteiger partial charge < -0.3 is 11.7 Å². The summed E-state index contributed by atoms with van der Waals surface area (Å²) in [4.78, 5) is 9.33. The Bertz CT molecular complexity index is 29.9. The predicted octanol–water partition coefficient (Wildman–Crippen LogP) is 0.409. The van der Waals surface area contributed by atoms with Crippen molar-refractivity contribution in [1.29, 1.82) is 0 Å². The van der Waals surface area contributed by atoms with Gasteiger partial charge in [-0.3, -0.25) is 0 Å². The van der Waals surface area contributed by atoms with E-state index in [0.29, 0.717) is 0 Å². The number of Topliss-reactive ketones (excluding diaryl/α,β-unsaturated/α-hetero) is 1. The van der Waals surface area contributed by atoms with Crippen LogP contribution < -0.4 is 0 Å². The molecule has 26 valence electrons. The van der Waals surface area contributed by atoms with E-state index < -0.39 is 0 Å². The summed E-state index contributed by atoms with van der Waals surface area (Å²) in [6.07, 6.45) is 0. The van der Waals surface area contributed by atoms with Crippen molar-refractivity contribution in [3.05, 3.63) is 6.92 Å². The summed E-state index contributed by atoms with van der Waals surface area (Å²) in [6, 6.07) is 0. The molecule has 0 radical (unpaired) electrons. The first-order valence-corrected chi connectivity index (χ1v) is 1.06. The van der Waals surface area contributed by atoms with Crippen molar-refractivity contribution in [2.45, 2.75) is 6.92 Å². The Kier molecular flexibility index (Phi) is 4.89. The van der Waals surface area contributed by atoms with E-state index >= 15 is 0 Å². The number of carbonyl (C=O) groups is 1. The van der Waals surface area contributed by atoms with Crippen LogP contribution in [-0.4, -0.2) is 5.78 Å². The molecule has 0 fully saturated rings. The first-order valence-electron chi connectivity index (χ1n) is 1.06. The second kappa shape index (κ2) is 2.54. The maximum atomic E-state index is 9.33. The molecule has 0 amide bonds. The topological polar surface area (TPSA) is 17.1 Å². The largest absolute Gasteiger partial charge is 0.340 e. The number of carbonyl (C=O) groups excluding carboxylic acids is 1. The molecule has 0 aliphatic carbocycles. The first-order chi connectivity index (χ1) is 1.73. The fourth-order valence-electron chi connectivity index (χ4n) is 0. The Morgan fingerprint density at radius 2 is 1.80 bits per heavy atom. The molecule has 0 aromatic heterocycles. The van der Waals surface area contributed by atoms with Crippen molar-refractivity contribution < 1.29 is 4.79 Å². The van der Waals surface area contributed by atoms with Crippen molar-refractivity contribution in [3.8, 4) is 0 Å². The third-order valence-electron chi connectivity index (χ3n) is 0. The SMILES string of the molecule is [CH2-]C(C)=O.[Rf]. The van der Waals surface area contributed by atoms with Crippen LogP contribution in [0.4, 0.5) is 0 Å². The summed E-state index contributed by atoms with van der Waals surface area (Å²) in [6.45, 7) is 4.42. The Balaban J connectivity index is 0. The molecule has 0 aromatic carbocycles. The molecule has 2 heteroatoms. The van der Waals surface area contributed by atoms with Gasteiger partial charge in [-0.2, -0.15) is 0 Å². The van der Waals surface area contributed by atoms with Crippen molar-refractivity contribution in [1.82, 2.24) is 0 Å². The normalized spacial score (nSPS) is 5.00. The molecular weight excluding hydrogens is 319 g/mol. The summed E-state index contributed by atoms with van der Waals surface area (Å²) >= 11 is 0. The maximum Gasteiger partial charge on any atom is 0 e. The number of ketones is 1. The minimum Gasteiger partial charge on any atom is -0.340 e. The van der Waals surface area contributed by atoms with Gasteiger partial charge in [0.1, 0.15) is 0 Å². The quantitative estimate of drug-likeness (QED) is 0.590. The van der Waals surface area contributed by atoms with Gasteiger partial charge in [-0.05, 0) is 12.7 Å². The van der Waals surface area contributed by atoms with E-state index in [9.17, 15) is 4.79 Å². The minimum atomic E-state index is -0.0833. The Morgan fingerprint density at radius 1 is 1.80 bits per heavy atom. The predicted molar refractivity (Wildman–Crippen MR) is 16.0 cm³/mol. The van der Waals surface area contributed by atoms with Gasteiger partial charge in [-0.15, -0.1) is 0 Å². The van der Waals surface area contributed by atoms with Gasteiger partial charge in [0.15, 0.2) is 0 Å². The van der Waals surface area contributed by atoms with E-state index in [4.69, 9.17) is 0 Å².